The Kier molecular flexibility index (Phi) is 7.66. The average Bonchev–Trinajstić information content (AvgIpc) is 2.66. The van der Waals surface area contributed by atoms with Crippen LogP contribution in [-0.4, -0.2) is 23.6 Å². The van der Waals surface area contributed by atoms with Gasteiger partial charge in [0.25, 0.3) is 0 Å². The first-order chi connectivity index (χ1) is 12.2. The number of benzene rings is 2. The molecule has 3 N–H and O–H groups in total. The van der Waals surface area contributed by atoms with Crippen molar-refractivity contribution in [2.24, 2.45) is 0 Å². The molecule has 0 saturated carbocycles. The maximum atomic E-state index is 12.7. The fourth-order valence-electron chi connectivity index (χ4n) is 2.74. The summed E-state index contributed by atoms with van der Waals surface area (Å²) in [6.45, 7) is 0.565. The molecule has 0 fully saturated rings. The minimum absolute atomic E-state index is 0.0227. The molecule has 0 unspecified atom stereocenters. The molecule has 0 heterocycles. The largest absolute Gasteiger partial charge is 0.355 e. The number of rotatable bonds is 9. The number of hydrogen-bond acceptors (Lipinski definition) is 3. The highest BCUT2D eigenvalue weighted by atomic mass is 16.5. The van der Waals surface area contributed by atoms with Crippen LogP contribution in [0.15, 0.2) is 60.7 Å². The van der Waals surface area contributed by atoms with Gasteiger partial charge < -0.3 is 5.32 Å². The minimum Gasteiger partial charge on any atom is -0.355 e. The average molecular weight is 340 g/mol. The number of hydroxylamine groups is 1. The third-order valence-electron chi connectivity index (χ3n) is 4.03. The Labute approximate surface area is 148 Å². The predicted molar refractivity (Wildman–Crippen MR) is 96.1 cm³/mol. The van der Waals surface area contributed by atoms with Crippen molar-refractivity contribution in [3.05, 3.63) is 71.8 Å². The SMILES string of the molecule is O=C(CCCCCNC(=O)C(c1ccccc1)c1ccccc1)NO. The van der Waals surface area contributed by atoms with Gasteiger partial charge in [-0.2, -0.15) is 0 Å². The van der Waals surface area contributed by atoms with Crippen LogP contribution in [-0.2, 0) is 9.59 Å². The van der Waals surface area contributed by atoms with Crippen LogP contribution < -0.4 is 10.8 Å². The van der Waals surface area contributed by atoms with Crippen LogP contribution in [0.1, 0.15) is 42.7 Å². The van der Waals surface area contributed by atoms with Gasteiger partial charge in [0, 0.05) is 13.0 Å². The lowest BCUT2D eigenvalue weighted by Gasteiger charge is -2.18. The first-order valence-corrected chi connectivity index (χ1v) is 8.53. The van der Waals surface area contributed by atoms with Crippen molar-refractivity contribution in [1.82, 2.24) is 10.8 Å². The molecule has 2 rings (SSSR count). The molecule has 2 aromatic rings. The molecular weight excluding hydrogens is 316 g/mol. The molecule has 0 radical (unpaired) electrons. The maximum Gasteiger partial charge on any atom is 0.243 e. The van der Waals surface area contributed by atoms with Gasteiger partial charge in [0.1, 0.15) is 0 Å². The molecule has 0 atom stereocenters. The van der Waals surface area contributed by atoms with E-state index >= 15 is 0 Å². The number of hydrogen-bond donors (Lipinski definition) is 3. The van der Waals surface area contributed by atoms with E-state index in [2.05, 4.69) is 5.32 Å². The van der Waals surface area contributed by atoms with Crippen molar-refractivity contribution < 1.29 is 14.8 Å². The molecule has 25 heavy (non-hydrogen) atoms. The zero-order valence-electron chi connectivity index (χ0n) is 14.2. The van der Waals surface area contributed by atoms with Crippen LogP contribution in [0.2, 0.25) is 0 Å². The van der Waals surface area contributed by atoms with Crippen LogP contribution >= 0.6 is 0 Å². The summed E-state index contributed by atoms with van der Waals surface area (Å²) in [5, 5.41) is 11.4. The number of amides is 2. The second kappa shape index (κ2) is 10.3. The molecule has 0 saturated heterocycles. The van der Waals surface area contributed by atoms with Gasteiger partial charge in [-0.05, 0) is 24.0 Å². The smallest absolute Gasteiger partial charge is 0.243 e. The van der Waals surface area contributed by atoms with Crippen molar-refractivity contribution in [3.63, 3.8) is 0 Å². The molecule has 2 amide bonds. The molecule has 5 heteroatoms. The van der Waals surface area contributed by atoms with Crippen molar-refractivity contribution >= 4 is 11.8 Å². The van der Waals surface area contributed by atoms with Crippen molar-refractivity contribution in [1.29, 1.82) is 0 Å². The number of carbonyl (C=O) groups is 2. The van der Waals surface area contributed by atoms with Crippen molar-refractivity contribution in [3.8, 4) is 0 Å². The Morgan fingerprint density at radius 3 is 1.92 bits per heavy atom. The third-order valence-corrected chi connectivity index (χ3v) is 4.03. The standard InChI is InChI=1S/C20H24N2O3/c23-18(22-25)14-8-3-9-15-21-20(24)19(16-10-4-1-5-11-16)17-12-6-2-7-13-17/h1-2,4-7,10-13,19,25H,3,8-9,14-15H2,(H,21,24)(H,22,23). The molecule has 0 aliphatic carbocycles. The van der Waals surface area contributed by atoms with Gasteiger partial charge in [-0.3, -0.25) is 14.8 Å². The molecule has 0 spiro atoms. The molecule has 2 aromatic carbocycles. The van der Waals surface area contributed by atoms with E-state index in [-0.39, 0.29) is 17.7 Å². The molecule has 0 aliphatic heterocycles. The molecule has 0 aliphatic rings. The topological polar surface area (TPSA) is 78.4 Å². The molecule has 5 nitrogen and oxygen atoms in total. The van der Waals surface area contributed by atoms with Gasteiger partial charge in [0.05, 0.1) is 5.92 Å². The van der Waals surface area contributed by atoms with Crippen LogP contribution in [0.25, 0.3) is 0 Å². The van der Waals surface area contributed by atoms with Crippen molar-refractivity contribution in [2.45, 2.75) is 31.6 Å². The fourth-order valence-corrected chi connectivity index (χ4v) is 2.74. The van der Waals surface area contributed by atoms with E-state index in [0.29, 0.717) is 19.4 Å². The Balaban J connectivity index is 1.90. The van der Waals surface area contributed by atoms with E-state index in [0.717, 1.165) is 24.0 Å². The second-order valence-electron chi connectivity index (χ2n) is 5.89. The molecule has 132 valence electrons. The monoisotopic (exact) mass is 340 g/mol. The Bertz CT molecular complexity index is 620. The zero-order chi connectivity index (χ0) is 17.9. The molecule has 0 aromatic heterocycles. The van der Waals surface area contributed by atoms with Gasteiger partial charge in [0.2, 0.25) is 11.8 Å². The summed E-state index contributed by atoms with van der Waals surface area (Å²) in [6.07, 6.45) is 2.58. The molecule has 0 bridgehead atoms. The Hall–Kier alpha value is -2.66. The summed E-state index contributed by atoms with van der Waals surface area (Å²) in [4.78, 5) is 23.6. The number of unbranched alkanes of at least 4 members (excludes halogenated alkanes) is 2. The highest BCUT2D eigenvalue weighted by Gasteiger charge is 2.21. The summed E-state index contributed by atoms with van der Waals surface area (Å²) >= 11 is 0. The maximum absolute atomic E-state index is 12.7. The van der Waals surface area contributed by atoms with Crippen LogP contribution in [0.5, 0.6) is 0 Å². The van der Waals surface area contributed by atoms with E-state index in [4.69, 9.17) is 5.21 Å². The summed E-state index contributed by atoms with van der Waals surface area (Å²) in [5.41, 5.74) is 3.54. The van der Waals surface area contributed by atoms with Crippen LogP contribution in [0.3, 0.4) is 0 Å². The highest BCUT2D eigenvalue weighted by molar-refractivity contribution is 5.87. The normalized spacial score (nSPS) is 10.5. The third kappa shape index (κ3) is 6.04. The summed E-state index contributed by atoms with van der Waals surface area (Å²) in [7, 11) is 0. The first kappa shape index (κ1) is 18.7. The quantitative estimate of drug-likeness (QED) is 0.373. The Morgan fingerprint density at radius 1 is 0.840 bits per heavy atom. The van der Waals surface area contributed by atoms with Gasteiger partial charge in [0.15, 0.2) is 0 Å². The number of nitrogens with one attached hydrogen (secondary N) is 2. The van der Waals surface area contributed by atoms with Crippen LogP contribution in [0.4, 0.5) is 0 Å². The summed E-state index contributed by atoms with van der Waals surface area (Å²) < 4.78 is 0. The lowest BCUT2D eigenvalue weighted by atomic mass is 9.90. The minimum atomic E-state index is -0.378. The van der Waals surface area contributed by atoms with Gasteiger partial charge in [-0.1, -0.05) is 67.1 Å². The summed E-state index contributed by atoms with van der Waals surface area (Å²) in [6, 6.07) is 19.5. The lowest BCUT2D eigenvalue weighted by Crippen LogP contribution is -2.30. The second-order valence-corrected chi connectivity index (χ2v) is 5.89. The van der Waals surface area contributed by atoms with E-state index in [9.17, 15) is 9.59 Å². The first-order valence-electron chi connectivity index (χ1n) is 8.53. The summed E-state index contributed by atoms with van der Waals surface area (Å²) in [5.74, 6) is -0.731. The fraction of sp³-hybridized carbons (Fsp3) is 0.300. The zero-order valence-corrected chi connectivity index (χ0v) is 14.2. The van der Waals surface area contributed by atoms with Gasteiger partial charge in [-0.15, -0.1) is 0 Å². The Morgan fingerprint density at radius 2 is 1.40 bits per heavy atom. The van der Waals surface area contributed by atoms with E-state index < -0.39 is 0 Å². The van der Waals surface area contributed by atoms with Gasteiger partial charge >= 0.3 is 0 Å². The highest BCUT2D eigenvalue weighted by Crippen LogP contribution is 2.24. The lowest BCUT2D eigenvalue weighted by molar-refractivity contribution is -0.129. The predicted octanol–water partition coefficient (Wildman–Crippen LogP) is 3.00. The van der Waals surface area contributed by atoms with Crippen molar-refractivity contribution in [2.75, 3.05) is 6.54 Å². The number of carbonyl (C=O) groups excluding carboxylic acids is 2. The van der Waals surface area contributed by atoms with Crippen LogP contribution in [0, 0.1) is 0 Å². The molecular formula is C20H24N2O3. The van der Waals surface area contributed by atoms with E-state index in [1.807, 2.05) is 60.7 Å². The van der Waals surface area contributed by atoms with E-state index in [1.54, 1.807) is 5.48 Å². The van der Waals surface area contributed by atoms with E-state index in [1.165, 1.54) is 0 Å². The van der Waals surface area contributed by atoms with Gasteiger partial charge in [-0.25, -0.2) is 5.48 Å².